The summed E-state index contributed by atoms with van der Waals surface area (Å²) in [6.07, 6.45) is 1.24. The number of nitrogens with one attached hydrogen (secondary N) is 2. The van der Waals surface area contributed by atoms with Gasteiger partial charge in [-0.15, -0.1) is 0 Å². The Balaban J connectivity index is 2.43. The number of hydrogen-bond acceptors (Lipinski definition) is 4. The number of ether oxygens (including phenoxy) is 1. The molecule has 1 saturated heterocycles. The highest BCUT2D eigenvalue weighted by Crippen LogP contribution is 2.24. The molecule has 0 atom stereocenters. The lowest BCUT2D eigenvalue weighted by atomic mass is 9.85. The fourth-order valence-electron chi connectivity index (χ4n) is 2.33. The summed E-state index contributed by atoms with van der Waals surface area (Å²) in [7, 11) is 0. The molecule has 1 aliphatic heterocycles. The van der Waals surface area contributed by atoms with Gasteiger partial charge in [0.05, 0.1) is 6.42 Å². The second kappa shape index (κ2) is 6.89. The topological polar surface area (TPSA) is 105 Å². The fraction of sp³-hybridized carbons (Fsp3) is 0.786. The maximum absolute atomic E-state index is 11.8. The minimum atomic E-state index is -0.966. The number of carbonyl (C=O) groups is 3. The molecule has 1 aliphatic rings. The lowest BCUT2D eigenvalue weighted by Gasteiger charge is -2.34. The predicted octanol–water partition coefficient (Wildman–Crippen LogP) is 1.27. The standard InChI is InChI=1S/C14H24N2O5/c1-13(2,9-11(18)19)8-10(17)15-12(20)16-14(3)4-6-21-7-5-14/h4-9H2,1-3H3,(H,18,19)(H2,15,16,17,20). The molecule has 3 N–H and O–H groups in total. The zero-order chi connectivity index (χ0) is 16.1. The molecule has 0 aromatic rings. The predicted molar refractivity (Wildman–Crippen MR) is 75.8 cm³/mol. The van der Waals surface area contributed by atoms with Crippen LogP contribution in [0.25, 0.3) is 0 Å². The van der Waals surface area contributed by atoms with Crippen molar-refractivity contribution >= 4 is 17.9 Å². The molecule has 1 fully saturated rings. The van der Waals surface area contributed by atoms with Crippen molar-refractivity contribution in [3.05, 3.63) is 0 Å². The summed E-state index contributed by atoms with van der Waals surface area (Å²) >= 11 is 0. The highest BCUT2D eigenvalue weighted by Gasteiger charge is 2.30. The first-order valence-electron chi connectivity index (χ1n) is 7.03. The zero-order valence-electron chi connectivity index (χ0n) is 12.8. The maximum atomic E-state index is 11.8. The van der Waals surface area contributed by atoms with E-state index in [9.17, 15) is 14.4 Å². The first-order valence-corrected chi connectivity index (χ1v) is 7.03. The number of imide groups is 1. The van der Waals surface area contributed by atoms with Crippen LogP contribution in [-0.4, -0.2) is 41.8 Å². The van der Waals surface area contributed by atoms with E-state index >= 15 is 0 Å². The van der Waals surface area contributed by atoms with E-state index in [2.05, 4.69) is 10.6 Å². The quantitative estimate of drug-likeness (QED) is 0.709. The van der Waals surface area contributed by atoms with Crippen molar-refractivity contribution in [3.8, 4) is 0 Å². The van der Waals surface area contributed by atoms with Gasteiger partial charge in [0.1, 0.15) is 0 Å². The van der Waals surface area contributed by atoms with Gasteiger partial charge >= 0.3 is 12.0 Å². The Morgan fingerprint density at radius 2 is 1.76 bits per heavy atom. The molecule has 0 bridgehead atoms. The molecule has 0 radical (unpaired) electrons. The molecule has 7 heteroatoms. The first kappa shape index (κ1) is 17.4. The van der Waals surface area contributed by atoms with Crippen LogP contribution >= 0.6 is 0 Å². The van der Waals surface area contributed by atoms with Gasteiger partial charge in [-0.05, 0) is 25.2 Å². The Morgan fingerprint density at radius 1 is 1.19 bits per heavy atom. The molecule has 21 heavy (non-hydrogen) atoms. The Hall–Kier alpha value is -1.63. The molecule has 0 aliphatic carbocycles. The third-order valence-corrected chi connectivity index (χ3v) is 3.53. The van der Waals surface area contributed by atoms with Gasteiger partial charge in [-0.2, -0.15) is 0 Å². The maximum Gasteiger partial charge on any atom is 0.321 e. The summed E-state index contributed by atoms with van der Waals surface area (Å²) in [6, 6.07) is -0.546. The smallest absolute Gasteiger partial charge is 0.321 e. The largest absolute Gasteiger partial charge is 0.481 e. The van der Waals surface area contributed by atoms with Crippen LogP contribution in [0.15, 0.2) is 0 Å². The summed E-state index contributed by atoms with van der Waals surface area (Å²) in [5.41, 5.74) is -1.07. The lowest BCUT2D eigenvalue weighted by Crippen LogP contribution is -2.54. The molecule has 0 unspecified atom stereocenters. The van der Waals surface area contributed by atoms with Crippen LogP contribution in [0.1, 0.15) is 46.5 Å². The summed E-state index contributed by atoms with van der Waals surface area (Å²) in [6.45, 7) is 6.43. The zero-order valence-corrected chi connectivity index (χ0v) is 12.8. The van der Waals surface area contributed by atoms with Gasteiger partial charge in [-0.1, -0.05) is 13.8 Å². The molecule has 0 aromatic carbocycles. The molecule has 0 saturated carbocycles. The molecule has 7 nitrogen and oxygen atoms in total. The van der Waals surface area contributed by atoms with Gasteiger partial charge in [0.25, 0.3) is 0 Å². The Morgan fingerprint density at radius 3 is 2.29 bits per heavy atom. The lowest BCUT2D eigenvalue weighted by molar-refractivity contribution is -0.139. The van der Waals surface area contributed by atoms with Gasteiger partial charge in [0.15, 0.2) is 0 Å². The summed E-state index contributed by atoms with van der Waals surface area (Å²) in [5, 5.41) is 13.8. The Kier molecular flexibility index (Phi) is 5.71. The van der Waals surface area contributed by atoms with E-state index in [1.807, 2.05) is 6.92 Å². The second-order valence-corrected chi connectivity index (χ2v) is 6.59. The summed E-state index contributed by atoms with van der Waals surface area (Å²) < 4.78 is 5.24. The normalized spacial score (nSPS) is 17.9. The number of aliphatic carboxylic acids is 1. The molecule has 0 aromatic heterocycles. The number of carbonyl (C=O) groups excluding carboxylic acids is 2. The SMILES string of the molecule is CC(C)(CC(=O)O)CC(=O)NC(=O)NC1(C)CCOCC1. The van der Waals surface area contributed by atoms with E-state index < -0.39 is 23.3 Å². The summed E-state index contributed by atoms with van der Waals surface area (Å²) in [4.78, 5) is 34.3. The van der Waals surface area contributed by atoms with E-state index in [1.165, 1.54) is 0 Å². The number of rotatable bonds is 5. The molecule has 3 amide bonds. The van der Waals surface area contributed by atoms with Crippen molar-refractivity contribution in [1.29, 1.82) is 0 Å². The van der Waals surface area contributed by atoms with Crippen molar-refractivity contribution in [2.24, 2.45) is 5.41 Å². The van der Waals surface area contributed by atoms with Crippen LogP contribution < -0.4 is 10.6 Å². The minimum absolute atomic E-state index is 0.0213. The summed E-state index contributed by atoms with van der Waals surface area (Å²) in [5.74, 6) is -1.44. The monoisotopic (exact) mass is 300 g/mol. The van der Waals surface area contributed by atoms with Crippen LogP contribution in [0.2, 0.25) is 0 Å². The number of carboxylic acids is 1. The van der Waals surface area contributed by atoms with E-state index in [0.29, 0.717) is 26.1 Å². The molecular formula is C14H24N2O5. The molecule has 1 rings (SSSR count). The fourth-order valence-corrected chi connectivity index (χ4v) is 2.33. The number of hydrogen-bond donors (Lipinski definition) is 3. The average Bonchev–Trinajstić information content (AvgIpc) is 2.24. The van der Waals surface area contributed by atoms with Gasteiger partial charge in [0.2, 0.25) is 5.91 Å². The van der Waals surface area contributed by atoms with Gasteiger partial charge in [0, 0.05) is 25.2 Å². The van der Waals surface area contributed by atoms with Crippen molar-refractivity contribution in [2.45, 2.75) is 52.0 Å². The van der Waals surface area contributed by atoms with Gasteiger partial charge in [-0.3, -0.25) is 14.9 Å². The highest BCUT2D eigenvalue weighted by atomic mass is 16.5. The molecule has 1 heterocycles. The Bertz CT molecular complexity index is 414. The number of carboxylic acid groups (broad SMARTS) is 1. The van der Waals surface area contributed by atoms with Crippen molar-refractivity contribution < 1.29 is 24.2 Å². The highest BCUT2D eigenvalue weighted by molar-refractivity contribution is 5.95. The van der Waals surface area contributed by atoms with Gasteiger partial charge < -0.3 is 15.2 Å². The van der Waals surface area contributed by atoms with Crippen molar-refractivity contribution in [3.63, 3.8) is 0 Å². The van der Waals surface area contributed by atoms with E-state index in [-0.39, 0.29) is 18.4 Å². The van der Waals surface area contributed by atoms with Crippen LogP contribution in [-0.2, 0) is 14.3 Å². The first-order chi connectivity index (χ1) is 9.62. The van der Waals surface area contributed by atoms with E-state index in [0.717, 1.165) is 0 Å². The van der Waals surface area contributed by atoms with Gasteiger partial charge in [-0.25, -0.2) is 4.79 Å². The minimum Gasteiger partial charge on any atom is -0.481 e. The van der Waals surface area contributed by atoms with E-state index in [4.69, 9.17) is 9.84 Å². The molecule has 0 spiro atoms. The van der Waals surface area contributed by atoms with Crippen molar-refractivity contribution in [1.82, 2.24) is 10.6 Å². The van der Waals surface area contributed by atoms with Crippen molar-refractivity contribution in [2.75, 3.05) is 13.2 Å². The number of urea groups is 1. The average molecular weight is 300 g/mol. The van der Waals surface area contributed by atoms with Crippen LogP contribution in [0.5, 0.6) is 0 Å². The number of amides is 3. The van der Waals surface area contributed by atoms with E-state index in [1.54, 1.807) is 13.8 Å². The van der Waals surface area contributed by atoms with Crippen LogP contribution in [0.3, 0.4) is 0 Å². The third-order valence-electron chi connectivity index (χ3n) is 3.53. The Labute approximate surface area is 124 Å². The van der Waals surface area contributed by atoms with Crippen LogP contribution in [0.4, 0.5) is 4.79 Å². The molecular weight excluding hydrogens is 276 g/mol. The third kappa shape index (κ3) is 6.57. The van der Waals surface area contributed by atoms with Crippen LogP contribution in [0, 0.1) is 5.41 Å². The second-order valence-electron chi connectivity index (χ2n) is 6.59. The molecule has 120 valence electrons.